The van der Waals surface area contributed by atoms with Gasteiger partial charge in [-0.2, -0.15) is 0 Å². The lowest BCUT2D eigenvalue weighted by Gasteiger charge is -2.12. The summed E-state index contributed by atoms with van der Waals surface area (Å²) in [6, 6.07) is 0. The number of carbonyl (C=O) groups is 6. The number of hydrogen-bond acceptors (Lipinski definition) is 12. The number of nitrogens with zero attached hydrogens (tertiary/aromatic N) is 2. The molecule has 14 nitrogen and oxygen atoms in total. The van der Waals surface area contributed by atoms with Gasteiger partial charge in [0.05, 0.1) is 65.7 Å². The van der Waals surface area contributed by atoms with Crippen molar-refractivity contribution in [1.29, 1.82) is 0 Å². The molecule has 2 rings (SSSR count). The second kappa shape index (κ2) is 14.8. The van der Waals surface area contributed by atoms with Gasteiger partial charge in [0.1, 0.15) is 0 Å². The van der Waals surface area contributed by atoms with Crippen LogP contribution in [0.25, 0.3) is 0 Å². The Labute approximate surface area is 194 Å². The van der Waals surface area contributed by atoms with Crippen molar-refractivity contribution in [2.24, 2.45) is 0 Å². The standard InChI is InChI=1S/C20H26N2O12/c23-15-1-2-16(24)21(15)33-19(27)5-7-29-9-11-31-13-14-32-12-10-30-8-6-20(28)34-22-17(25)3-4-18(22)26/h1-2H,3-14H2. The van der Waals surface area contributed by atoms with Gasteiger partial charge in [-0.05, 0) is 0 Å². The van der Waals surface area contributed by atoms with E-state index in [0.29, 0.717) is 23.3 Å². The number of hydroxylamine groups is 4. The van der Waals surface area contributed by atoms with Crippen molar-refractivity contribution in [3.8, 4) is 0 Å². The van der Waals surface area contributed by atoms with E-state index >= 15 is 0 Å². The lowest BCUT2D eigenvalue weighted by atomic mass is 10.4. The fraction of sp³-hybridized carbons (Fsp3) is 0.600. The first kappa shape index (κ1) is 27.0. The number of amides is 4. The summed E-state index contributed by atoms with van der Waals surface area (Å²) in [7, 11) is 0. The zero-order valence-corrected chi connectivity index (χ0v) is 18.4. The van der Waals surface area contributed by atoms with E-state index in [1.54, 1.807) is 0 Å². The molecule has 0 saturated carbocycles. The summed E-state index contributed by atoms with van der Waals surface area (Å²) in [5, 5.41) is 0.872. The maximum absolute atomic E-state index is 11.6. The van der Waals surface area contributed by atoms with Crippen LogP contribution in [-0.4, -0.2) is 98.5 Å². The minimum atomic E-state index is -0.768. The van der Waals surface area contributed by atoms with E-state index in [2.05, 4.69) is 4.84 Å². The largest absolute Gasteiger partial charge is 0.378 e. The first-order valence-corrected chi connectivity index (χ1v) is 10.5. The van der Waals surface area contributed by atoms with Gasteiger partial charge in [0.15, 0.2) is 0 Å². The average Bonchev–Trinajstić information content (AvgIpc) is 3.29. The van der Waals surface area contributed by atoms with Gasteiger partial charge in [-0.25, -0.2) is 9.59 Å². The van der Waals surface area contributed by atoms with Gasteiger partial charge < -0.3 is 28.6 Å². The summed E-state index contributed by atoms with van der Waals surface area (Å²) in [6.45, 7) is 1.72. The summed E-state index contributed by atoms with van der Waals surface area (Å²) in [5.74, 6) is -3.99. The molecule has 1 saturated heterocycles. The second-order valence-electron chi connectivity index (χ2n) is 6.76. The Morgan fingerprint density at radius 3 is 1.35 bits per heavy atom. The lowest BCUT2D eigenvalue weighted by molar-refractivity contribution is -0.198. The normalized spacial score (nSPS) is 15.5. The minimum Gasteiger partial charge on any atom is -0.378 e. The van der Waals surface area contributed by atoms with Gasteiger partial charge in [-0.1, -0.05) is 5.06 Å². The van der Waals surface area contributed by atoms with Crippen LogP contribution < -0.4 is 0 Å². The first-order valence-electron chi connectivity index (χ1n) is 10.5. The third kappa shape index (κ3) is 9.74. The SMILES string of the molecule is O=C(CCOCCOCCOCCOCCC(=O)ON1C(=O)CCC1=O)ON1C(=O)C=CC1=O. The summed E-state index contributed by atoms with van der Waals surface area (Å²) in [4.78, 5) is 77.6. The van der Waals surface area contributed by atoms with Crippen LogP contribution in [0.2, 0.25) is 0 Å². The molecule has 14 heteroatoms. The Kier molecular flexibility index (Phi) is 11.8. The van der Waals surface area contributed by atoms with Gasteiger partial charge in [-0.15, -0.1) is 5.06 Å². The van der Waals surface area contributed by atoms with Crippen LogP contribution in [0.3, 0.4) is 0 Å². The van der Waals surface area contributed by atoms with Gasteiger partial charge in [0, 0.05) is 25.0 Å². The predicted octanol–water partition coefficient (Wildman–Crippen LogP) is -1.18. The van der Waals surface area contributed by atoms with Gasteiger partial charge in [0.25, 0.3) is 23.6 Å². The van der Waals surface area contributed by atoms with Crippen molar-refractivity contribution in [2.75, 3.05) is 52.9 Å². The van der Waals surface area contributed by atoms with Crippen LogP contribution in [0.5, 0.6) is 0 Å². The van der Waals surface area contributed by atoms with Crippen LogP contribution in [0.4, 0.5) is 0 Å². The minimum absolute atomic E-state index is 0.0396. The first-order chi connectivity index (χ1) is 16.4. The van der Waals surface area contributed by atoms with Crippen LogP contribution >= 0.6 is 0 Å². The van der Waals surface area contributed by atoms with E-state index in [9.17, 15) is 28.8 Å². The highest BCUT2D eigenvalue weighted by Gasteiger charge is 2.32. The fourth-order valence-electron chi connectivity index (χ4n) is 2.50. The van der Waals surface area contributed by atoms with Crippen LogP contribution in [0.15, 0.2) is 12.2 Å². The smallest absolute Gasteiger partial charge is 0.335 e. The topological polar surface area (TPSA) is 164 Å². The highest BCUT2D eigenvalue weighted by molar-refractivity contribution is 6.12. The quantitative estimate of drug-likeness (QED) is 0.179. The average molecular weight is 486 g/mol. The van der Waals surface area contributed by atoms with Crippen molar-refractivity contribution in [1.82, 2.24) is 10.1 Å². The molecule has 0 aromatic rings. The van der Waals surface area contributed by atoms with Crippen LogP contribution in [-0.2, 0) is 57.4 Å². The Morgan fingerprint density at radius 1 is 0.588 bits per heavy atom. The van der Waals surface area contributed by atoms with Crippen molar-refractivity contribution in [2.45, 2.75) is 25.7 Å². The van der Waals surface area contributed by atoms with E-state index in [1.807, 2.05) is 0 Å². The molecule has 2 aliphatic rings. The zero-order valence-electron chi connectivity index (χ0n) is 18.4. The Balaban J connectivity index is 1.31. The third-order valence-electron chi connectivity index (χ3n) is 4.18. The fourth-order valence-corrected chi connectivity index (χ4v) is 2.50. The van der Waals surface area contributed by atoms with Crippen molar-refractivity contribution in [3.05, 3.63) is 12.2 Å². The molecule has 1 fully saturated rings. The maximum Gasteiger partial charge on any atom is 0.335 e. The third-order valence-corrected chi connectivity index (χ3v) is 4.18. The molecule has 0 bridgehead atoms. The molecule has 0 aromatic carbocycles. The molecule has 0 aromatic heterocycles. The molecule has 0 aliphatic carbocycles. The summed E-state index contributed by atoms with van der Waals surface area (Å²) >= 11 is 0. The van der Waals surface area contributed by atoms with Gasteiger partial charge >= 0.3 is 11.9 Å². The molecule has 0 N–H and O–H groups in total. The van der Waals surface area contributed by atoms with E-state index in [1.165, 1.54) is 0 Å². The van der Waals surface area contributed by atoms with Crippen LogP contribution in [0.1, 0.15) is 25.7 Å². The van der Waals surface area contributed by atoms with Gasteiger partial charge in [-0.3, -0.25) is 19.2 Å². The number of hydrogen-bond donors (Lipinski definition) is 0. The van der Waals surface area contributed by atoms with E-state index in [4.69, 9.17) is 23.8 Å². The molecular formula is C20H26N2O12. The number of imide groups is 2. The van der Waals surface area contributed by atoms with Crippen molar-refractivity contribution >= 4 is 35.6 Å². The molecule has 0 unspecified atom stereocenters. The molecule has 2 aliphatic heterocycles. The molecular weight excluding hydrogens is 460 g/mol. The molecule has 2 heterocycles. The predicted molar refractivity (Wildman–Crippen MR) is 107 cm³/mol. The maximum atomic E-state index is 11.6. The highest BCUT2D eigenvalue weighted by atomic mass is 16.7. The molecule has 0 spiro atoms. The van der Waals surface area contributed by atoms with Crippen molar-refractivity contribution in [3.63, 3.8) is 0 Å². The number of rotatable bonds is 17. The van der Waals surface area contributed by atoms with Crippen LogP contribution in [0, 0.1) is 0 Å². The lowest BCUT2D eigenvalue weighted by Crippen LogP contribution is -2.33. The van der Waals surface area contributed by atoms with Crippen molar-refractivity contribution < 1.29 is 57.4 Å². The Morgan fingerprint density at radius 2 is 0.941 bits per heavy atom. The molecule has 4 amide bonds. The molecule has 0 radical (unpaired) electrons. The Hall–Kier alpha value is -3.20. The Bertz CT molecular complexity index is 734. The number of ether oxygens (including phenoxy) is 4. The summed E-state index contributed by atoms with van der Waals surface area (Å²) in [5.41, 5.74) is 0. The number of carbonyl (C=O) groups excluding carboxylic acids is 6. The van der Waals surface area contributed by atoms with E-state index in [0.717, 1.165) is 12.2 Å². The highest BCUT2D eigenvalue weighted by Crippen LogP contribution is 2.12. The second-order valence-corrected chi connectivity index (χ2v) is 6.76. The van der Waals surface area contributed by atoms with Gasteiger partial charge in [0.2, 0.25) is 0 Å². The summed E-state index contributed by atoms with van der Waals surface area (Å²) < 4.78 is 21.0. The summed E-state index contributed by atoms with van der Waals surface area (Å²) in [6.07, 6.45) is 1.85. The monoisotopic (exact) mass is 486 g/mol. The van der Waals surface area contributed by atoms with E-state index < -0.39 is 35.6 Å². The molecule has 188 valence electrons. The van der Waals surface area contributed by atoms with E-state index in [-0.39, 0.29) is 65.3 Å². The zero-order chi connectivity index (χ0) is 24.8. The molecule has 34 heavy (non-hydrogen) atoms. The molecule has 0 atom stereocenters.